The van der Waals surface area contributed by atoms with Gasteiger partial charge >= 0.3 is 0 Å². The number of nitrogens with zero attached hydrogens (tertiary/aromatic N) is 2. The third kappa shape index (κ3) is 5.40. The van der Waals surface area contributed by atoms with E-state index < -0.39 is 0 Å². The fourth-order valence-corrected chi connectivity index (χ4v) is 2.55. The van der Waals surface area contributed by atoms with Crippen LogP contribution in [-0.2, 0) is 11.3 Å². The van der Waals surface area contributed by atoms with Gasteiger partial charge in [-0.3, -0.25) is 4.79 Å². The van der Waals surface area contributed by atoms with Crippen molar-refractivity contribution in [2.45, 2.75) is 20.0 Å². The van der Waals surface area contributed by atoms with Crippen LogP contribution in [0.3, 0.4) is 0 Å². The van der Waals surface area contributed by atoms with Gasteiger partial charge in [0.05, 0.1) is 6.61 Å². The lowest BCUT2D eigenvalue weighted by atomic mass is 10.1. The van der Waals surface area contributed by atoms with Crippen molar-refractivity contribution in [3.8, 4) is 17.2 Å². The van der Waals surface area contributed by atoms with Crippen LogP contribution in [0.2, 0.25) is 0 Å². The van der Waals surface area contributed by atoms with Gasteiger partial charge in [0.15, 0.2) is 0 Å². The van der Waals surface area contributed by atoms with E-state index in [4.69, 9.17) is 13.9 Å². The normalized spacial score (nSPS) is 10.6. The van der Waals surface area contributed by atoms with E-state index in [-0.39, 0.29) is 12.5 Å². The van der Waals surface area contributed by atoms with Crippen molar-refractivity contribution < 1.29 is 18.7 Å². The van der Waals surface area contributed by atoms with Gasteiger partial charge in [0, 0.05) is 24.8 Å². The van der Waals surface area contributed by atoms with Gasteiger partial charge in [0.1, 0.15) is 12.4 Å². The van der Waals surface area contributed by atoms with Gasteiger partial charge in [0.25, 0.3) is 5.91 Å². The number of aryl methyl sites for hydroxylation is 1. The standard InChI is InChI=1S/C21H23N3O4/c1-15-7-9-18(10-8-15)27-12-4-11-22-20(25)16-5-3-6-17(13-16)21-24-23-19(28-21)14-26-2/h3,5-10,13H,4,11-12,14H2,1-2H3,(H,22,25). The Labute approximate surface area is 163 Å². The Morgan fingerprint density at radius 1 is 1.14 bits per heavy atom. The molecule has 3 rings (SSSR count). The number of rotatable bonds is 9. The lowest BCUT2D eigenvalue weighted by molar-refractivity contribution is 0.0951. The van der Waals surface area contributed by atoms with Crippen molar-refractivity contribution in [2.75, 3.05) is 20.3 Å². The number of benzene rings is 2. The average molecular weight is 381 g/mol. The van der Waals surface area contributed by atoms with Crippen LogP contribution in [0.5, 0.6) is 5.75 Å². The van der Waals surface area contributed by atoms with Gasteiger partial charge in [-0.1, -0.05) is 23.8 Å². The number of ether oxygens (including phenoxy) is 2. The molecule has 0 spiro atoms. The number of amides is 1. The SMILES string of the molecule is COCc1nnc(-c2cccc(C(=O)NCCCOc3ccc(C)cc3)c2)o1. The number of carbonyl (C=O) groups is 1. The quantitative estimate of drug-likeness (QED) is 0.572. The molecule has 0 saturated heterocycles. The first kappa shape index (κ1) is 19.6. The minimum absolute atomic E-state index is 0.159. The summed E-state index contributed by atoms with van der Waals surface area (Å²) < 4.78 is 16.1. The summed E-state index contributed by atoms with van der Waals surface area (Å²) in [6, 6.07) is 15.0. The van der Waals surface area contributed by atoms with Crippen molar-refractivity contribution in [1.82, 2.24) is 15.5 Å². The fourth-order valence-electron chi connectivity index (χ4n) is 2.55. The van der Waals surface area contributed by atoms with Gasteiger partial charge in [-0.25, -0.2) is 0 Å². The first-order valence-corrected chi connectivity index (χ1v) is 9.05. The third-order valence-corrected chi connectivity index (χ3v) is 4.00. The number of hydrogen-bond acceptors (Lipinski definition) is 6. The second-order valence-corrected chi connectivity index (χ2v) is 6.29. The zero-order chi connectivity index (χ0) is 19.8. The molecule has 146 valence electrons. The highest BCUT2D eigenvalue weighted by Crippen LogP contribution is 2.19. The molecule has 7 nitrogen and oxygen atoms in total. The van der Waals surface area contributed by atoms with Gasteiger partial charge in [0.2, 0.25) is 11.8 Å². The summed E-state index contributed by atoms with van der Waals surface area (Å²) in [7, 11) is 1.56. The number of hydrogen-bond donors (Lipinski definition) is 1. The molecule has 0 atom stereocenters. The zero-order valence-corrected chi connectivity index (χ0v) is 16.0. The molecule has 7 heteroatoms. The molecule has 1 heterocycles. The second kappa shape index (κ2) is 9.66. The Morgan fingerprint density at radius 2 is 1.96 bits per heavy atom. The third-order valence-electron chi connectivity index (χ3n) is 4.00. The van der Waals surface area contributed by atoms with Crippen LogP contribution in [0.1, 0.15) is 28.2 Å². The van der Waals surface area contributed by atoms with Crippen LogP contribution in [0.15, 0.2) is 52.9 Å². The first-order valence-electron chi connectivity index (χ1n) is 9.05. The van der Waals surface area contributed by atoms with E-state index in [0.29, 0.717) is 42.5 Å². The van der Waals surface area contributed by atoms with Gasteiger partial charge in [-0.05, 0) is 43.7 Å². The predicted molar refractivity (Wildman–Crippen MR) is 104 cm³/mol. The first-order chi connectivity index (χ1) is 13.7. The molecule has 0 radical (unpaired) electrons. The van der Waals surface area contributed by atoms with Gasteiger partial charge in [-0.2, -0.15) is 0 Å². The largest absolute Gasteiger partial charge is 0.494 e. The Kier molecular flexibility index (Phi) is 6.75. The molecule has 0 unspecified atom stereocenters. The molecule has 0 fully saturated rings. The summed E-state index contributed by atoms with van der Waals surface area (Å²) in [5.74, 6) is 1.42. The maximum Gasteiger partial charge on any atom is 0.251 e. The van der Waals surface area contributed by atoms with Crippen LogP contribution >= 0.6 is 0 Å². The van der Waals surface area contributed by atoms with Crippen LogP contribution in [0.4, 0.5) is 0 Å². The predicted octanol–water partition coefficient (Wildman–Crippen LogP) is 3.39. The maximum absolute atomic E-state index is 12.4. The highest BCUT2D eigenvalue weighted by molar-refractivity contribution is 5.95. The molecule has 28 heavy (non-hydrogen) atoms. The van der Waals surface area contributed by atoms with Crippen molar-refractivity contribution in [3.63, 3.8) is 0 Å². The number of methoxy groups -OCH3 is 1. The van der Waals surface area contributed by atoms with Gasteiger partial charge < -0.3 is 19.2 Å². The lowest BCUT2D eigenvalue weighted by Crippen LogP contribution is -2.25. The summed E-state index contributed by atoms with van der Waals surface area (Å²) in [5.41, 5.74) is 2.41. The topological polar surface area (TPSA) is 86.5 Å². The average Bonchev–Trinajstić information content (AvgIpc) is 3.18. The van der Waals surface area contributed by atoms with Crippen molar-refractivity contribution >= 4 is 5.91 Å². The van der Waals surface area contributed by atoms with E-state index in [1.54, 1.807) is 25.3 Å². The number of nitrogens with one attached hydrogen (secondary N) is 1. The lowest BCUT2D eigenvalue weighted by Gasteiger charge is -2.08. The monoisotopic (exact) mass is 381 g/mol. The Morgan fingerprint density at radius 3 is 2.75 bits per heavy atom. The van der Waals surface area contributed by atoms with Crippen molar-refractivity contribution in [1.29, 1.82) is 0 Å². The number of aromatic nitrogens is 2. The second-order valence-electron chi connectivity index (χ2n) is 6.29. The maximum atomic E-state index is 12.4. The molecule has 1 amide bonds. The summed E-state index contributed by atoms with van der Waals surface area (Å²) in [4.78, 5) is 12.4. The molecular weight excluding hydrogens is 358 g/mol. The van der Waals surface area contributed by atoms with E-state index in [2.05, 4.69) is 15.5 Å². The van der Waals surface area contributed by atoms with E-state index in [1.165, 1.54) is 5.56 Å². The summed E-state index contributed by atoms with van der Waals surface area (Å²) in [6.07, 6.45) is 0.712. The van der Waals surface area contributed by atoms with Gasteiger partial charge in [-0.15, -0.1) is 10.2 Å². The highest BCUT2D eigenvalue weighted by Gasteiger charge is 2.11. The Balaban J connectivity index is 1.48. The molecule has 0 aliphatic rings. The molecule has 2 aromatic carbocycles. The van der Waals surface area contributed by atoms with Crippen molar-refractivity contribution in [3.05, 3.63) is 65.5 Å². The van der Waals surface area contributed by atoms with Crippen LogP contribution < -0.4 is 10.1 Å². The van der Waals surface area contributed by atoms with Crippen LogP contribution in [0.25, 0.3) is 11.5 Å². The zero-order valence-electron chi connectivity index (χ0n) is 16.0. The van der Waals surface area contributed by atoms with E-state index in [1.807, 2.05) is 37.3 Å². The minimum Gasteiger partial charge on any atom is -0.494 e. The molecule has 0 aliphatic heterocycles. The number of carbonyl (C=O) groups excluding carboxylic acids is 1. The molecule has 0 saturated carbocycles. The molecule has 1 aromatic heterocycles. The fraction of sp³-hybridized carbons (Fsp3) is 0.286. The van der Waals surface area contributed by atoms with Crippen molar-refractivity contribution in [2.24, 2.45) is 0 Å². The van der Waals surface area contributed by atoms with E-state index in [0.717, 1.165) is 5.75 Å². The summed E-state index contributed by atoms with van der Waals surface area (Å²) in [5, 5.41) is 10.8. The Bertz CT molecular complexity index is 906. The van der Waals surface area contributed by atoms with E-state index in [9.17, 15) is 4.79 Å². The van der Waals surface area contributed by atoms with E-state index >= 15 is 0 Å². The smallest absolute Gasteiger partial charge is 0.251 e. The summed E-state index contributed by atoms with van der Waals surface area (Å²) >= 11 is 0. The van der Waals surface area contributed by atoms with Crippen LogP contribution in [0, 0.1) is 6.92 Å². The molecule has 1 N–H and O–H groups in total. The highest BCUT2D eigenvalue weighted by atomic mass is 16.5. The molecule has 3 aromatic rings. The summed E-state index contributed by atoms with van der Waals surface area (Å²) in [6.45, 7) is 3.34. The van der Waals surface area contributed by atoms with Crippen LogP contribution in [-0.4, -0.2) is 36.4 Å². The Hall–Kier alpha value is -3.19. The molecule has 0 bridgehead atoms. The molecular formula is C21H23N3O4. The molecule has 0 aliphatic carbocycles. The minimum atomic E-state index is -0.159.